The van der Waals surface area contributed by atoms with Gasteiger partial charge in [0.25, 0.3) is 0 Å². The van der Waals surface area contributed by atoms with Crippen LogP contribution in [0.15, 0.2) is 39.6 Å². The molecule has 0 aliphatic carbocycles. The summed E-state index contributed by atoms with van der Waals surface area (Å²) < 4.78 is 0. The van der Waals surface area contributed by atoms with Crippen LogP contribution in [0.1, 0.15) is 33.4 Å². The number of hydrogen-bond donors (Lipinski definition) is 0. The Balaban J connectivity index is 3.16. The third-order valence-electron chi connectivity index (χ3n) is 1.96. The van der Waals surface area contributed by atoms with Gasteiger partial charge < -0.3 is 0 Å². The summed E-state index contributed by atoms with van der Waals surface area (Å²) >= 11 is 4.66. The van der Waals surface area contributed by atoms with E-state index in [4.69, 9.17) is 0 Å². The third-order valence-corrected chi connectivity index (χ3v) is 2.05. The summed E-state index contributed by atoms with van der Waals surface area (Å²) in [7, 11) is 0. The van der Waals surface area contributed by atoms with E-state index < -0.39 is 5.66 Å². The molecule has 1 unspecified atom stereocenters. The van der Waals surface area contributed by atoms with E-state index in [0.717, 1.165) is 0 Å². The van der Waals surface area contributed by atoms with Crippen LogP contribution in [0.2, 0.25) is 0 Å². The van der Waals surface area contributed by atoms with Crippen LogP contribution in [-0.2, 0) is 5.66 Å². The van der Waals surface area contributed by atoms with Crippen molar-refractivity contribution in [2.45, 2.75) is 38.9 Å². The molecule has 0 saturated heterocycles. The minimum Gasteiger partial charge on any atom is -0.257 e. The number of aromatic nitrogens is 1. The van der Waals surface area contributed by atoms with E-state index in [2.05, 4.69) is 37.6 Å². The van der Waals surface area contributed by atoms with E-state index in [1.807, 2.05) is 45.9 Å². The molecule has 5 heteroatoms. The molecule has 0 aromatic carbocycles. The Bertz CT molecular complexity index is 443. The molecule has 0 aliphatic rings. The molecule has 17 heavy (non-hydrogen) atoms. The van der Waals surface area contributed by atoms with Crippen molar-refractivity contribution in [3.63, 3.8) is 0 Å². The van der Waals surface area contributed by atoms with Gasteiger partial charge in [-0.3, -0.25) is 4.98 Å². The Hall–Kier alpha value is -1.45. The quantitative estimate of drug-likeness (QED) is 0.466. The Morgan fingerprint density at radius 3 is 2.35 bits per heavy atom. The molecule has 1 aromatic rings. The van der Waals surface area contributed by atoms with Crippen LogP contribution in [0.5, 0.6) is 0 Å². The van der Waals surface area contributed by atoms with Crippen molar-refractivity contribution in [2.75, 3.05) is 0 Å². The maximum Gasteiger partial charge on any atom is 0.219 e. The summed E-state index contributed by atoms with van der Waals surface area (Å²) in [6, 6.07) is 5.57. The number of aliphatic imine (C=N–C) groups is 1. The molecule has 0 spiro atoms. The summed E-state index contributed by atoms with van der Waals surface area (Å²) in [5.41, 5.74) is -0.450. The maximum absolute atomic E-state index is 4.66. The molecule has 0 N–H and O–H groups in total. The molecule has 0 fully saturated rings. The van der Waals surface area contributed by atoms with Crippen LogP contribution >= 0.6 is 12.2 Å². The number of rotatable bonds is 3. The molecule has 4 nitrogen and oxygen atoms in total. The van der Waals surface area contributed by atoms with Gasteiger partial charge in [0, 0.05) is 6.20 Å². The number of isothiocyanates is 1. The fourth-order valence-corrected chi connectivity index (χ4v) is 1.29. The van der Waals surface area contributed by atoms with Crippen LogP contribution in [-0.4, -0.2) is 15.7 Å². The number of pyridine rings is 1. The lowest BCUT2D eigenvalue weighted by molar-refractivity contribution is 0.430. The highest BCUT2D eigenvalue weighted by molar-refractivity contribution is 7.78. The first-order chi connectivity index (χ1) is 7.87. The van der Waals surface area contributed by atoms with Gasteiger partial charge in [-0.25, -0.2) is 0 Å². The Labute approximate surface area is 107 Å². The molecule has 90 valence electrons. The average Bonchev–Trinajstić information content (AvgIpc) is 2.27. The van der Waals surface area contributed by atoms with Crippen molar-refractivity contribution in [1.29, 1.82) is 0 Å². The van der Waals surface area contributed by atoms with Gasteiger partial charge in [-0.05, 0) is 52.0 Å². The minimum absolute atomic E-state index is 0.257. The second kappa shape index (κ2) is 5.25. The molecule has 0 saturated carbocycles. The van der Waals surface area contributed by atoms with Gasteiger partial charge in [-0.1, -0.05) is 6.07 Å². The normalized spacial score (nSPS) is 15.3. The zero-order valence-electron chi connectivity index (χ0n) is 10.5. The Kier molecular flexibility index (Phi) is 4.21. The molecule has 1 heterocycles. The molecule has 0 aliphatic heterocycles. The standard InChI is InChI=1S/C12H16N4S/c1-11(2,3)15-16-12(4,14-9-17)10-7-5-6-8-13-10/h5-8H,1-4H3. The lowest BCUT2D eigenvalue weighted by Gasteiger charge is -2.19. The summed E-state index contributed by atoms with van der Waals surface area (Å²) in [4.78, 5) is 8.31. The van der Waals surface area contributed by atoms with E-state index in [9.17, 15) is 0 Å². The molecule has 0 bridgehead atoms. The van der Waals surface area contributed by atoms with Crippen LogP contribution in [0, 0.1) is 0 Å². The molecule has 0 amide bonds. The topological polar surface area (TPSA) is 50.0 Å². The number of azo groups is 1. The van der Waals surface area contributed by atoms with Crippen molar-refractivity contribution in [2.24, 2.45) is 15.2 Å². The van der Waals surface area contributed by atoms with Crippen LogP contribution in [0.25, 0.3) is 0 Å². The van der Waals surface area contributed by atoms with Crippen molar-refractivity contribution in [3.8, 4) is 0 Å². The number of thiocarbonyl (C=S) groups is 1. The van der Waals surface area contributed by atoms with Crippen molar-refractivity contribution < 1.29 is 0 Å². The Morgan fingerprint density at radius 1 is 1.18 bits per heavy atom. The smallest absolute Gasteiger partial charge is 0.219 e. The molecule has 1 aromatic heterocycles. The van der Waals surface area contributed by atoms with Crippen molar-refractivity contribution in [3.05, 3.63) is 30.1 Å². The summed E-state index contributed by atoms with van der Waals surface area (Å²) in [5.74, 6) is 0. The Morgan fingerprint density at radius 2 is 1.88 bits per heavy atom. The summed E-state index contributed by atoms with van der Waals surface area (Å²) in [5, 5.41) is 10.8. The lowest BCUT2D eigenvalue weighted by Crippen LogP contribution is -2.19. The number of hydrogen-bond acceptors (Lipinski definition) is 5. The van der Waals surface area contributed by atoms with Crippen molar-refractivity contribution >= 4 is 17.4 Å². The van der Waals surface area contributed by atoms with Gasteiger partial charge in [-0.2, -0.15) is 15.2 Å². The summed E-state index contributed by atoms with van der Waals surface area (Å²) in [6.45, 7) is 7.72. The van der Waals surface area contributed by atoms with E-state index in [0.29, 0.717) is 5.69 Å². The van der Waals surface area contributed by atoms with E-state index in [1.54, 1.807) is 6.20 Å². The highest BCUT2D eigenvalue weighted by Gasteiger charge is 2.27. The average molecular weight is 248 g/mol. The minimum atomic E-state index is -0.893. The van der Waals surface area contributed by atoms with Crippen LogP contribution in [0.3, 0.4) is 0 Å². The van der Waals surface area contributed by atoms with Gasteiger partial charge in [0.2, 0.25) is 5.66 Å². The first-order valence-electron chi connectivity index (χ1n) is 5.32. The monoisotopic (exact) mass is 248 g/mol. The maximum atomic E-state index is 4.66. The summed E-state index contributed by atoms with van der Waals surface area (Å²) in [6.07, 6.45) is 1.69. The third kappa shape index (κ3) is 4.13. The van der Waals surface area contributed by atoms with Gasteiger partial charge >= 0.3 is 0 Å². The SMILES string of the molecule is CC(C)(C)N=NC(C)(N=C=S)c1ccccn1. The van der Waals surface area contributed by atoms with Gasteiger partial charge in [0.1, 0.15) is 0 Å². The second-order valence-corrected chi connectivity index (χ2v) is 4.99. The highest BCUT2D eigenvalue weighted by Crippen LogP contribution is 2.26. The molecule has 0 radical (unpaired) electrons. The predicted molar refractivity (Wildman–Crippen MR) is 71.2 cm³/mol. The van der Waals surface area contributed by atoms with Crippen molar-refractivity contribution in [1.82, 2.24) is 4.98 Å². The zero-order valence-corrected chi connectivity index (χ0v) is 11.3. The number of nitrogens with zero attached hydrogens (tertiary/aromatic N) is 4. The predicted octanol–water partition coefficient (Wildman–Crippen LogP) is 3.61. The first-order valence-corrected chi connectivity index (χ1v) is 5.73. The lowest BCUT2D eigenvalue weighted by atomic mass is 10.1. The van der Waals surface area contributed by atoms with Gasteiger partial charge in [-0.15, -0.1) is 0 Å². The van der Waals surface area contributed by atoms with Gasteiger partial charge in [0.15, 0.2) is 0 Å². The molecular weight excluding hydrogens is 232 g/mol. The van der Waals surface area contributed by atoms with Crippen LogP contribution < -0.4 is 0 Å². The second-order valence-electron chi connectivity index (χ2n) is 4.81. The highest BCUT2D eigenvalue weighted by atomic mass is 32.1. The van der Waals surface area contributed by atoms with E-state index in [-0.39, 0.29) is 5.54 Å². The van der Waals surface area contributed by atoms with E-state index in [1.165, 1.54) is 0 Å². The fraction of sp³-hybridized carbons (Fsp3) is 0.500. The molecule has 1 atom stereocenters. The fourth-order valence-electron chi connectivity index (χ4n) is 1.11. The largest absolute Gasteiger partial charge is 0.257 e. The molecular formula is C12H16N4S. The van der Waals surface area contributed by atoms with Gasteiger partial charge in [0.05, 0.1) is 16.4 Å². The van der Waals surface area contributed by atoms with Crippen LogP contribution in [0.4, 0.5) is 0 Å². The molecule has 1 rings (SSSR count). The zero-order chi connectivity index (χ0) is 12.9. The first kappa shape index (κ1) is 13.6. The van der Waals surface area contributed by atoms with E-state index >= 15 is 0 Å².